The van der Waals surface area contributed by atoms with E-state index in [2.05, 4.69) is 13.8 Å². The summed E-state index contributed by atoms with van der Waals surface area (Å²) in [7, 11) is 0. The van der Waals surface area contributed by atoms with E-state index in [1.807, 2.05) is 0 Å². The summed E-state index contributed by atoms with van der Waals surface area (Å²) in [4.78, 5) is 0. The van der Waals surface area contributed by atoms with Crippen LogP contribution in [0.5, 0.6) is 0 Å². The molecular formula is C9H18O. The highest BCUT2D eigenvalue weighted by Crippen LogP contribution is 2.25. The number of hydrogen-bond acceptors (Lipinski definition) is 1. The normalized spacial score (nSPS) is 34.2. The average Bonchev–Trinajstić information content (AvgIpc) is 1.94. The molecule has 0 aliphatic heterocycles. The van der Waals surface area contributed by atoms with E-state index in [9.17, 15) is 0 Å². The molecule has 0 amide bonds. The van der Waals surface area contributed by atoms with E-state index >= 15 is 0 Å². The summed E-state index contributed by atoms with van der Waals surface area (Å²) in [5, 5.41) is 0. The topological polar surface area (TPSA) is 9.23 Å². The first-order chi connectivity index (χ1) is 4.84. The first-order valence-electron chi connectivity index (χ1n) is 4.46. The van der Waals surface area contributed by atoms with Gasteiger partial charge in [-0.15, -0.1) is 0 Å². The predicted molar refractivity (Wildman–Crippen MR) is 43.0 cm³/mol. The number of ether oxygens (including phenoxy) is 1. The average molecular weight is 142 g/mol. The minimum Gasteiger partial charge on any atom is -0.378 e. The minimum atomic E-state index is 0.568. The molecule has 1 rings (SSSR count). The van der Waals surface area contributed by atoms with Crippen molar-refractivity contribution in [2.45, 2.75) is 45.6 Å². The van der Waals surface area contributed by atoms with Crippen LogP contribution >= 0.6 is 0 Å². The molecule has 0 bridgehead atoms. The molecular weight excluding hydrogens is 124 g/mol. The largest absolute Gasteiger partial charge is 0.378 e. The zero-order valence-corrected chi connectivity index (χ0v) is 7.10. The molecule has 0 heterocycles. The van der Waals surface area contributed by atoms with Crippen molar-refractivity contribution in [3.63, 3.8) is 0 Å². The van der Waals surface area contributed by atoms with Gasteiger partial charge in [0.25, 0.3) is 0 Å². The maximum Gasteiger partial charge on any atom is 0.0600 e. The minimum absolute atomic E-state index is 0.568. The van der Waals surface area contributed by atoms with Crippen LogP contribution in [0.3, 0.4) is 0 Å². The summed E-state index contributed by atoms with van der Waals surface area (Å²) in [5.74, 6) is 0.800. The fraction of sp³-hybridized carbons (Fsp3) is 1.00. The van der Waals surface area contributed by atoms with E-state index in [0.29, 0.717) is 6.10 Å². The number of rotatable bonds is 2. The second-order valence-electron chi connectivity index (χ2n) is 3.26. The van der Waals surface area contributed by atoms with E-state index in [1.54, 1.807) is 0 Å². The highest BCUT2D eigenvalue weighted by molar-refractivity contribution is 4.71. The standard InChI is InChI=1S/C9H18O/c1-3-10-9-7-5-4-6-8(9)2/h8-9H,3-7H2,1-2H3. The Balaban J connectivity index is 2.25. The summed E-state index contributed by atoms with van der Waals surface area (Å²) in [6.07, 6.45) is 6.00. The predicted octanol–water partition coefficient (Wildman–Crippen LogP) is 2.60. The van der Waals surface area contributed by atoms with Crippen molar-refractivity contribution in [3.8, 4) is 0 Å². The van der Waals surface area contributed by atoms with Crippen molar-refractivity contribution in [3.05, 3.63) is 0 Å². The van der Waals surface area contributed by atoms with Crippen molar-refractivity contribution in [2.75, 3.05) is 6.61 Å². The van der Waals surface area contributed by atoms with E-state index < -0.39 is 0 Å². The summed E-state index contributed by atoms with van der Waals surface area (Å²) in [6, 6.07) is 0. The summed E-state index contributed by atoms with van der Waals surface area (Å²) in [6.45, 7) is 5.27. The van der Waals surface area contributed by atoms with Crippen LogP contribution in [-0.4, -0.2) is 12.7 Å². The molecule has 0 aromatic rings. The molecule has 1 aliphatic carbocycles. The van der Waals surface area contributed by atoms with Gasteiger partial charge in [0, 0.05) is 6.61 Å². The van der Waals surface area contributed by atoms with Gasteiger partial charge in [-0.05, 0) is 25.7 Å². The molecule has 2 unspecified atom stereocenters. The fourth-order valence-corrected chi connectivity index (χ4v) is 1.74. The zero-order valence-electron chi connectivity index (χ0n) is 7.10. The molecule has 0 N–H and O–H groups in total. The van der Waals surface area contributed by atoms with Gasteiger partial charge in [0.15, 0.2) is 0 Å². The molecule has 0 aromatic carbocycles. The maximum absolute atomic E-state index is 5.60. The van der Waals surface area contributed by atoms with Crippen LogP contribution < -0.4 is 0 Å². The molecule has 10 heavy (non-hydrogen) atoms. The van der Waals surface area contributed by atoms with Gasteiger partial charge in [0.1, 0.15) is 0 Å². The first kappa shape index (κ1) is 8.06. The summed E-state index contributed by atoms with van der Waals surface area (Å²) >= 11 is 0. The summed E-state index contributed by atoms with van der Waals surface area (Å²) in [5.41, 5.74) is 0. The first-order valence-corrected chi connectivity index (χ1v) is 4.46. The smallest absolute Gasteiger partial charge is 0.0600 e. The van der Waals surface area contributed by atoms with E-state index in [0.717, 1.165) is 12.5 Å². The molecule has 1 fully saturated rings. The van der Waals surface area contributed by atoms with Crippen molar-refractivity contribution in [2.24, 2.45) is 5.92 Å². The van der Waals surface area contributed by atoms with Crippen LogP contribution in [0.15, 0.2) is 0 Å². The molecule has 0 radical (unpaired) electrons. The molecule has 1 heteroatoms. The third-order valence-electron chi connectivity index (χ3n) is 2.41. The second kappa shape index (κ2) is 3.97. The van der Waals surface area contributed by atoms with Gasteiger partial charge in [0.05, 0.1) is 6.10 Å². The quantitative estimate of drug-likeness (QED) is 0.576. The Morgan fingerprint density at radius 2 is 2.00 bits per heavy atom. The van der Waals surface area contributed by atoms with E-state index in [4.69, 9.17) is 4.74 Å². The highest BCUT2D eigenvalue weighted by Gasteiger charge is 2.20. The van der Waals surface area contributed by atoms with Gasteiger partial charge in [-0.1, -0.05) is 19.8 Å². The monoisotopic (exact) mass is 142 g/mol. The maximum atomic E-state index is 5.60. The van der Waals surface area contributed by atoms with Crippen LogP contribution in [0.2, 0.25) is 0 Å². The molecule has 0 spiro atoms. The van der Waals surface area contributed by atoms with Gasteiger partial charge in [0.2, 0.25) is 0 Å². The molecule has 0 aromatic heterocycles. The van der Waals surface area contributed by atoms with Crippen LogP contribution in [-0.2, 0) is 4.74 Å². The Morgan fingerprint density at radius 1 is 1.30 bits per heavy atom. The van der Waals surface area contributed by atoms with Crippen LogP contribution in [0.4, 0.5) is 0 Å². The van der Waals surface area contributed by atoms with Gasteiger partial charge in [-0.25, -0.2) is 0 Å². The van der Waals surface area contributed by atoms with Crippen molar-refractivity contribution < 1.29 is 4.74 Å². The Bertz CT molecular complexity index is 88.7. The third kappa shape index (κ3) is 1.98. The lowest BCUT2D eigenvalue weighted by Crippen LogP contribution is -2.25. The van der Waals surface area contributed by atoms with Gasteiger partial charge >= 0.3 is 0 Å². The van der Waals surface area contributed by atoms with E-state index in [-0.39, 0.29) is 0 Å². The lowest BCUT2D eigenvalue weighted by Gasteiger charge is -2.28. The van der Waals surface area contributed by atoms with E-state index in [1.165, 1.54) is 25.7 Å². The Labute approximate surface area is 63.8 Å². The van der Waals surface area contributed by atoms with Crippen LogP contribution in [0.1, 0.15) is 39.5 Å². The molecule has 0 saturated heterocycles. The Morgan fingerprint density at radius 3 is 2.60 bits per heavy atom. The van der Waals surface area contributed by atoms with Crippen molar-refractivity contribution in [1.29, 1.82) is 0 Å². The summed E-state index contributed by atoms with van der Waals surface area (Å²) < 4.78 is 5.60. The SMILES string of the molecule is CCOC1CCCCC1C. The fourth-order valence-electron chi connectivity index (χ4n) is 1.74. The lowest BCUT2D eigenvalue weighted by atomic mass is 9.88. The van der Waals surface area contributed by atoms with Gasteiger partial charge in [-0.2, -0.15) is 0 Å². The molecule has 60 valence electrons. The Hall–Kier alpha value is -0.0400. The van der Waals surface area contributed by atoms with Gasteiger partial charge in [-0.3, -0.25) is 0 Å². The highest BCUT2D eigenvalue weighted by atomic mass is 16.5. The molecule has 1 saturated carbocycles. The molecule has 2 atom stereocenters. The van der Waals surface area contributed by atoms with Gasteiger partial charge < -0.3 is 4.74 Å². The second-order valence-corrected chi connectivity index (χ2v) is 3.26. The molecule has 1 aliphatic rings. The molecule has 1 nitrogen and oxygen atoms in total. The van der Waals surface area contributed by atoms with Crippen molar-refractivity contribution in [1.82, 2.24) is 0 Å². The van der Waals surface area contributed by atoms with Crippen LogP contribution in [0, 0.1) is 5.92 Å². The zero-order chi connectivity index (χ0) is 7.40. The van der Waals surface area contributed by atoms with Crippen molar-refractivity contribution >= 4 is 0 Å². The third-order valence-corrected chi connectivity index (χ3v) is 2.41. The lowest BCUT2D eigenvalue weighted by molar-refractivity contribution is 0.00206. The Kier molecular flexibility index (Phi) is 3.20. The van der Waals surface area contributed by atoms with Crippen LogP contribution in [0.25, 0.3) is 0 Å². The number of hydrogen-bond donors (Lipinski definition) is 0.